The minimum absolute atomic E-state index is 0.0261. The molecule has 1 aliphatic heterocycles. The molecule has 2 atom stereocenters. The SMILES string of the molecule is CC(C)(C)c1cc(-c2cccc3cccc(-c4ccccc4N(c4ccccc4C4=CC5(C)Oc6ccccc6C5C=C4)c4ccccc4-c4ccc5oc6ccccc6c5c4)c23)cc(C(C)(C)C)c1. The Morgan fingerprint density at radius 2 is 1.04 bits per heavy atom. The van der Waals surface area contributed by atoms with E-state index in [4.69, 9.17) is 9.15 Å². The van der Waals surface area contributed by atoms with Crippen molar-refractivity contribution >= 4 is 55.3 Å². The third kappa shape index (κ3) is 7.35. The van der Waals surface area contributed by atoms with E-state index in [0.717, 1.165) is 72.6 Å². The molecule has 2 unspecified atom stereocenters. The van der Waals surface area contributed by atoms with E-state index in [1.165, 1.54) is 44.2 Å². The third-order valence-corrected chi connectivity index (χ3v) is 14.7. The number of hydrogen-bond donors (Lipinski definition) is 0. The fourth-order valence-corrected chi connectivity index (χ4v) is 11.0. The van der Waals surface area contributed by atoms with Gasteiger partial charge in [-0.3, -0.25) is 0 Å². The van der Waals surface area contributed by atoms with Crippen LogP contribution in [0.15, 0.2) is 217 Å². The molecule has 0 spiro atoms. The van der Waals surface area contributed by atoms with Gasteiger partial charge < -0.3 is 14.1 Å². The van der Waals surface area contributed by atoms with Gasteiger partial charge in [-0.05, 0) is 116 Å². The van der Waals surface area contributed by atoms with E-state index >= 15 is 0 Å². The summed E-state index contributed by atoms with van der Waals surface area (Å²) in [5, 5.41) is 4.64. The van der Waals surface area contributed by atoms with Crippen LogP contribution in [0, 0.1) is 0 Å². The number of hydrogen-bond acceptors (Lipinski definition) is 3. The Labute approximate surface area is 412 Å². The summed E-state index contributed by atoms with van der Waals surface area (Å²) in [5.74, 6) is 1.07. The van der Waals surface area contributed by atoms with Gasteiger partial charge in [-0.1, -0.05) is 205 Å². The Morgan fingerprint density at radius 3 is 1.77 bits per heavy atom. The molecule has 9 aromatic carbocycles. The quantitative estimate of drug-likeness (QED) is 0.159. The molecule has 0 amide bonds. The van der Waals surface area contributed by atoms with Crippen LogP contribution in [0.25, 0.3) is 71.7 Å². The summed E-state index contributed by atoms with van der Waals surface area (Å²) < 4.78 is 13.2. The minimum atomic E-state index is -0.541. The number of furan rings is 1. The van der Waals surface area contributed by atoms with E-state index in [1.54, 1.807) is 0 Å². The number of allylic oxidation sites excluding steroid dienone is 2. The first kappa shape index (κ1) is 43.4. The average Bonchev–Trinajstić information content (AvgIpc) is 3.89. The highest BCUT2D eigenvalue weighted by Gasteiger charge is 2.44. The summed E-state index contributed by atoms with van der Waals surface area (Å²) in [6.07, 6.45) is 6.99. The Balaban J connectivity index is 1.10. The third-order valence-electron chi connectivity index (χ3n) is 14.7. The fourth-order valence-electron chi connectivity index (χ4n) is 11.0. The predicted molar refractivity (Wildman–Crippen MR) is 295 cm³/mol. The summed E-state index contributed by atoms with van der Waals surface area (Å²) in [6.45, 7) is 16.1. The molecule has 2 aliphatic rings. The van der Waals surface area contributed by atoms with Crippen LogP contribution in [0.3, 0.4) is 0 Å². The fraction of sp³-hybridized carbons (Fsp3) is 0.164. The predicted octanol–water partition coefficient (Wildman–Crippen LogP) is 18.7. The Hall–Kier alpha value is -7.88. The lowest BCUT2D eigenvalue weighted by molar-refractivity contribution is 0.156. The van der Waals surface area contributed by atoms with E-state index in [9.17, 15) is 0 Å². The monoisotopic (exact) mass is 907 g/mol. The first-order valence-corrected chi connectivity index (χ1v) is 24.7. The van der Waals surface area contributed by atoms with Crippen LogP contribution < -0.4 is 9.64 Å². The summed E-state index contributed by atoms with van der Waals surface area (Å²) in [5.41, 5.74) is 17.5. The summed E-state index contributed by atoms with van der Waals surface area (Å²) >= 11 is 0. The molecular weight excluding hydrogens is 851 g/mol. The van der Waals surface area contributed by atoms with Crippen molar-refractivity contribution in [3.05, 3.63) is 235 Å². The first-order chi connectivity index (χ1) is 33.8. The van der Waals surface area contributed by atoms with Gasteiger partial charge in [0.25, 0.3) is 0 Å². The zero-order valence-corrected chi connectivity index (χ0v) is 41.0. The lowest BCUT2D eigenvalue weighted by Gasteiger charge is -2.34. The maximum absolute atomic E-state index is 6.82. The molecule has 0 saturated heterocycles. The van der Waals surface area contributed by atoms with Crippen molar-refractivity contribution in [1.29, 1.82) is 0 Å². The van der Waals surface area contributed by atoms with Crippen molar-refractivity contribution in [2.75, 3.05) is 4.90 Å². The van der Waals surface area contributed by atoms with Gasteiger partial charge in [0, 0.05) is 38.9 Å². The lowest BCUT2D eigenvalue weighted by Crippen LogP contribution is -2.33. The van der Waals surface area contributed by atoms with E-state index in [0.29, 0.717) is 0 Å². The van der Waals surface area contributed by atoms with E-state index in [1.807, 2.05) is 12.1 Å². The van der Waals surface area contributed by atoms with Crippen LogP contribution in [-0.2, 0) is 10.8 Å². The minimum Gasteiger partial charge on any atom is -0.482 e. The molecule has 3 heteroatoms. The molecule has 0 N–H and O–H groups in total. The van der Waals surface area contributed by atoms with Crippen LogP contribution in [0.4, 0.5) is 17.1 Å². The summed E-state index contributed by atoms with van der Waals surface area (Å²) in [6, 6.07) is 71.0. The normalized spacial score (nSPS) is 16.6. The maximum Gasteiger partial charge on any atom is 0.136 e. The van der Waals surface area contributed by atoms with Crippen molar-refractivity contribution in [1.82, 2.24) is 0 Å². The van der Waals surface area contributed by atoms with Crippen LogP contribution in [-0.4, -0.2) is 5.60 Å². The molecule has 0 saturated carbocycles. The highest BCUT2D eigenvalue weighted by atomic mass is 16.5. The lowest BCUT2D eigenvalue weighted by atomic mass is 9.78. The van der Waals surface area contributed by atoms with Gasteiger partial charge in [-0.25, -0.2) is 0 Å². The zero-order valence-electron chi connectivity index (χ0n) is 41.0. The summed E-state index contributed by atoms with van der Waals surface area (Å²) in [4.78, 5) is 2.50. The van der Waals surface area contributed by atoms with Crippen LogP contribution in [0.2, 0.25) is 0 Å². The van der Waals surface area contributed by atoms with Crippen molar-refractivity contribution in [3.8, 4) is 39.1 Å². The molecule has 10 aromatic rings. The van der Waals surface area contributed by atoms with Crippen molar-refractivity contribution in [2.24, 2.45) is 0 Å². The second kappa shape index (κ2) is 16.4. The van der Waals surface area contributed by atoms with Crippen molar-refractivity contribution in [3.63, 3.8) is 0 Å². The molecule has 3 nitrogen and oxygen atoms in total. The second-order valence-electron chi connectivity index (χ2n) is 21.5. The molecule has 0 radical (unpaired) electrons. The van der Waals surface area contributed by atoms with Gasteiger partial charge in [0.2, 0.25) is 0 Å². The first-order valence-electron chi connectivity index (χ1n) is 24.7. The molecule has 342 valence electrons. The number of para-hydroxylation sites is 5. The molecule has 70 heavy (non-hydrogen) atoms. The smallest absolute Gasteiger partial charge is 0.136 e. The molecular formula is C67H57NO2. The number of nitrogens with zero attached hydrogens (tertiary/aromatic N) is 1. The Kier molecular flexibility index (Phi) is 10.2. The van der Waals surface area contributed by atoms with Gasteiger partial charge in [0.15, 0.2) is 0 Å². The topological polar surface area (TPSA) is 25.6 Å². The number of benzene rings is 9. The van der Waals surface area contributed by atoms with Gasteiger partial charge in [-0.2, -0.15) is 0 Å². The molecule has 0 bridgehead atoms. The van der Waals surface area contributed by atoms with Crippen LogP contribution in [0.5, 0.6) is 5.75 Å². The molecule has 0 fully saturated rings. The van der Waals surface area contributed by atoms with E-state index < -0.39 is 5.60 Å². The molecule has 2 heterocycles. The second-order valence-corrected chi connectivity index (χ2v) is 21.5. The number of fused-ring (bicyclic) bond motifs is 7. The number of anilines is 3. The van der Waals surface area contributed by atoms with E-state index in [-0.39, 0.29) is 16.7 Å². The zero-order chi connectivity index (χ0) is 47.9. The average molecular weight is 908 g/mol. The summed E-state index contributed by atoms with van der Waals surface area (Å²) in [7, 11) is 0. The van der Waals surface area contributed by atoms with Crippen molar-refractivity contribution in [2.45, 2.75) is 70.8 Å². The highest BCUT2D eigenvalue weighted by molar-refractivity contribution is 6.10. The van der Waals surface area contributed by atoms with E-state index in [2.05, 4.69) is 254 Å². The van der Waals surface area contributed by atoms with Gasteiger partial charge in [-0.15, -0.1) is 0 Å². The number of ether oxygens (including phenoxy) is 1. The van der Waals surface area contributed by atoms with Crippen LogP contribution >= 0.6 is 0 Å². The molecule has 12 rings (SSSR count). The molecule has 1 aliphatic carbocycles. The molecule has 1 aromatic heterocycles. The standard InChI is InChI=1S/C67H57NO2/c1-65(2,3)47-38-46(39-48(41-47)66(4,5)6)51-27-18-20-43-21-19-28-54(64(43)51)52-24-10-15-31-60(52)68(58-29-13-8-22-49(58)44-35-37-62-56(40-44)53-25-11-16-32-61(53)69-62)59-30-14-9-23-50(59)45-34-36-57-55-26-12-17-33-63(55)70-67(57,7)42-45/h8-42,57H,1-7H3. The van der Waals surface area contributed by atoms with Gasteiger partial charge in [0.05, 0.1) is 17.1 Å². The Morgan fingerprint density at radius 1 is 0.471 bits per heavy atom. The Bertz CT molecular complexity index is 3720. The number of rotatable bonds is 7. The van der Waals surface area contributed by atoms with Crippen LogP contribution in [0.1, 0.15) is 76.6 Å². The van der Waals surface area contributed by atoms with Gasteiger partial charge in [0.1, 0.15) is 22.5 Å². The van der Waals surface area contributed by atoms with Gasteiger partial charge >= 0.3 is 0 Å². The highest BCUT2D eigenvalue weighted by Crippen LogP contribution is 2.53. The largest absolute Gasteiger partial charge is 0.482 e. The maximum atomic E-state index is 6.82. The van der Waals surface area contributed by atoms with Crippen molar-refractivity contribution < 1.29 is 9.15 Å².